The van der Waals surface area contributed by atoms with Crippen LogP contribution in [0.25, 0.3) is 0 Å². The van der Waals surface area contributed by atoms with E-state index in [2.05, 4.69) is 0 Å². The first-order valence-electron chi connectivity index (χ1n) is 7.09. The van der Waals surface area contributed by atoms with E-state index in [1.165, 1.54) is 31.4 Å². The van der Waals surface area contributed by atoms with Crippen LogP contribution in [0.4, 0.5) is 0 Å². The summed E-state index contributed by atoms with van der Waals surface area (Å²) in [7, 11) is -2.42. The lowest BCUT2D eigenvalue weighted by Crippen LogP contribution is -2.33. The number of methoxy groups -OCH3 is 1. The fraction of sp³-hybridized carbons (Fsp3) is 0.235. The van der Waals surface area contributed by atoms with Gasteiger partial charge in [-0.15, -0.1) is 0 Å². The fourth-order valence-electron chi connectivity index (χ4n) is 2.08. The third-order valence-corrected chi connectivity index (χ3v) is 5.10. The molecule has 2 aromatic carbocycles. The van der Waals surface area contributed by atoms with E-state index in [4.69, 9.17) is 9.47 Å². The summed E-state index contributed by atoms with van der Waals surface area (Å²) in [5.74, 6) is -0.0150. The predicted octanol–water partition coefficient (Wildman–Crippen LogP) is 2.71. The molecule has 0 amide bonds. The Balaban J connectivity index is 2.39. The average molecular weight is 334 g/mol. The molecule has 1 unspecified atom stereocenters. The van der Waals surface area contributed by atoms with E-state index in [-0.39, 0.29) is 17.1 Å². The third-order valence-electron chi connectivity index (χ3n) is 3.26. The predicted molar refractivity (Wildman–Crippen MR) is 86.4 cm³/mol. The normalized spacial score (nSPS) is 12.6. The molecule has 0 aliphatic heterocycles. The SMILES string of the molecule is CCOC(C(=O)c1ccc(OC)cc1)S(=O)(=O)c1ccccc1. The Morgan fingerprint density at radius 2 is 1.65 bits per heavy atom. The highest BCUT2D eigenvalue weighted by atomic mass is 32.2. The Hall–Kier alpha value is -2.18. The molecule has 0 spiro atoms. The topological polar surface area (TPSA) is 69.7 Å². The number of ketones is 1. The van der Waals surface area contributed by atoms with E-state index >= 15 is 0 Å². The quantitative estimate of drug-likeness (QED) is 0.728. The molecule has 0 fully saturated rings. The van der Waals surface area contributed by atoms with Gasteiger partial charge < -0.3 is 9.47 Å². The summed E-state index contributed by atoms with van der Waals surface area (Å²) in [6, 6.07) is 14.1. The maximum Gasteiger partial charge on any atom is 0.226 e. The zero-order chi connectivity index (χ0) is 16.9. The van der Waals surface area contributed by atoms with Gasteiger partial charge in [0.1, 0.15) is 5.75 Å². The van der Waals surface area contributed by atoms with Gasteiger partial charge in [-0.1, -0.05) is 18.2 Å². The van der Waals surface area contributed by atoms with E-state index in [0.29, 0.717) is 5.75 Å². The molecule has 0 bridgehead atoms. The van der Waals surface area contributed by atoms with Crippen molar-refractivity contribution in [1.29, 1.82) is 0 Å². The number of hydrogen-bond acceptors (Lipinski definition) is 5. The number of ether oxygens (including phenoxy) is 2. The molecule has 2 aromatic rings. The van der Waals surface area contributed by atoms with Crippen LogP contribution in [0.2, 0.25) is 0 Å². The van der Waals surface area contributed by atoms with Crippen LogP contribution in [0.3, 0.4) is 0 Å². The van der Waals surface area contributed by atoms with Crippen LogP contribution in [-0.2, 0) is 14.6 Å². The van der Waals surface area contributed by atoms with Crippen molar-refractivity contribution in [3.05, 3.63) is 60.2 Å². The monoisotopic (exact) mass is 334 g/mol. The van der Waals surface area contributed by atoms with Crippen LogP contribution in [0.5, 0.6) is 5.75 Å². The van der Waals surface area contributed by atoms with Gasteiger partial charge in [0, 0.05) is 12.2 Å². The first-order valence-corrected chi connectivity index (χ1v) is 8.64. The number of rotatable bonds is 7. The van der Waals surface area contributed by atoms with Gasteiger partial charge >= 0.3 is 0 Å². The molecule has 0 N–H and O–H groups in total. The van der Waals surface area contributed by atoms with E-state index < -0.39 is 21.1 Å². The Bertz CT molecular complexity index is 751. The molecule has 0 aliphatic carbocycles. The molecular weight excluding hydrogens is 316 g/mol. The smallest absolute Gasteiger partial charge is 0.226 e. The number of Topliss-reactive ketones (excluding diaryl/α,β-unsaturated/α-hetero) is 1. The average Bonchev–Trinajstić information content (AvgIpc) is 2.60. The maximum absolute atomic E-state index is 12.7. The number of carbonyl (C=O) groups is 1. The van der Waals surface area contributed by atoms with Crippen LogP contribution < -0.4 is 4.74 Å². The zero-order valence-corrected chi connectivity index (χ0v) is 13.7. The maximum atomic E-state index is 12.7. The van der Waals surface area contributed by atoms with Crippen molar-refractivity contribution in [3.8, 4) is 5.75 Å². The number of benzene rings is 2. The van der Waals surface area contributed by atoms with Crippen LogP contribution in [0, 0.1) is 0 Å². The summed E-state index contributed by atoms with van der Waals surface area (Å²) in [6.07, 6.45) is 0. The van der Waals surface area contributed by atoms with E-state index in [1.807, 2.05) is 0 Å². The van der Waals surface area contributed by atoms with Crippen molar-refractivity contribution < 1.29 is 22.7 Å². The molecule has 2 rings (SSSR count). The molecule has 5 nitrogen and oxygen atoms in total. The van der Waals surface area contributed by atoms with E-state index in [9.17, 15) is 13.2 Å². The lowest BCUT2D eigenvalue weighted by Gasteiger charge is -2.17. The minimum Gasteiger partial charge on any atom is -0.497 e. The number of carbonyl (C=O) groups excluding carboxylic acids is 1. The first kappa shape index (κ1) is 17.2. The van der Waals surface area contributed by atoms with Crippen molar-refractivity contribution in [1.82, 2.24) is 0 Å². The molecule has 0 aliphatic rings. The van der Waals surface area contributed by atoms with Gasteiger partial charge in [-0.25, -0.2) is 8.42 Å². The Labute approximate surface area is 135 Å². The second kappa shape index (κ2) is 7.39. The summed E-state index contributed by atoms with van der Waals surface area (Å²) >= 11 is 0. The molecule has 0 aromatic heterocycles. The molecule has 0 heterocycles. The van der Waals surface area contributed by atoms with Crippen molar-refractivity contribution in [3.63, 3.8) is 0 Å². The lowest BCUT2D eigenvalue weighted by molar-refractivity contribution is 0.0686. The van der Waals surface area contributed by atoms with E-state index in [0.717, 1.165) is 0 Å². The minimum atomic E-state index is -3.93. The first-order chi connectivity index (χ1) is 11.0. The van der Waals surface area contributed by atoms with Crippen LogP contribution in [0.1, 0.15) is 17.3 Å². The van der Waals surface area contributed by atoms with Gasteiger partial charge in [-0.05, 0) is 43.3 Å². The minimum absolute atomic E-state index is 0.0558. The van der Waals surface area contributed by atoms with Crippen molar-refractivity contribution in [2.75, 3.05) is 13.7 Å². The number of sulfone groups is 1. The zero-order valence-electron chi connectivity index (χ0n) is 12.9. The highest BCUT2D eigenvalue weighted by molar-refractivity contribution is 7.92. The number of hydrogen-bond donors (Lipinski definition) is 0. The summed E-state index contributed by atoms with van der Waals surface area (Å²) in [4.78, 5) is 12.7. The van der Waals surface area contributed by atoms with Crippen LogP contribution in [0.15, 0.2) is 59.5 Å². The van der Waals surface area contributed by atoms with Gasteiger partial charge in [0.05, 0.1) is 12.0 Å². The Morgan fingerprint density at radius 1 is 1.04 bits per heavy atom. The molecule has 23 heavy (non-hydrogen) atoms. The summed E-state index contributed by atoms with van der Waals surface area (Å²) < 4.78 is 35.7. The van der Waals surface area contributed by atoms with Gasteiger partial charge in [0.25, 0.3) is 0 Å². The lowest BCUT2D eigenvalue weighted by atomic mass is 10.1. The summed E-state index contributed by atoms with van der Waals surface area (Å²) in [6.45, 7) is 1.76. The summed E-state index contributed by atoms with van der Waals surface area (Å²) in [5.41, 5.74) is -1.31. The van der Waals surface area contributed by atoms with Crippen LogP contribution in [-0.4, -0.2) is 33.4 Å². The molecule has 1 atom stereocenters. The molecule has 122 valence electrons. The Kier molecular flexibility index (Phi) is 5.52. The standard InChI is InChI=1S/C17H18O5S/c1-3-22-17(23(19,20)15-7-5-4-6-8-15)16(18)13-9-11-14(21-2)12-10-13/h4-12,17H,3H2,1-2H3. The fourth-order valence-corrected chi connectivity index (χ4v) is 3.60. The molecule has 0 saturated carbocycles. The second-order valence-electron chi connectivity index (χ2n) is 4.74. The molecular formula is C17H18O5S. The highest BCUT2D eigenvalue weighted by Crippen LogP contribution is 2.21. The molecule has 0 radical (unpaired) electrons. The van der Waals surface area contributed by atoms with Crippen molar-refractivity contribution in [2.45, 2.75) is 17.3 Å². The molecule has 6 heteroatoms. The highest BCUT2D eigenvalue weighted by Gasteiger charge is 2.35. The van der Waals surface area contributed by atoms with Gasteiger partial charge in [-0.3, -0.25) is 4.79 Å². The van der Waals surface area contributed by atoms with Crippen molar-refractivity contribution >= 4 is 15.6 Å². The largest absolute Gasteiger partial charge is 0.497 e. The Morgan fingerprint density at radius 3 is 2.17 bits per heavy atom. The van der Waals surface area contributed by atoms with Gasteiger partial charge in [0.2, 0.25) is 21.1 Å². The van der Waals surface area contributed by atoms with Crippen molar-refractivity contribution in [2.24, 2.45) is 0 Å². The molecule has 0 saturated heterocycles. The third kappa shape index (κ3) is 3.78. The van der Waals surface area contributed by atoms with Crippen LogP contribution >= 0.6 is 0 Å². The van der Waals surface area contributed by atoms with Gasteiger partial charge in [-0.2, -0.15) is 0 Å². The van der Waals surface area contributed by atoms with E-state index in [1.54, 1.807) is 37.3 Å². The van der Waals surface area contributed by atoms with Gasteiger partial charge in [0.15, 0.2) is 0 Å². The summed E-state index contributed by atoms with van der Waals surface area (Å²) in [5, 5.41) is 0. The second-order valence-corrected chi connectivity index (χ2v) is 6.73.